The third-order valence-corrected chi connectivity index (χ3v) is 2.98. The summed E-state index contributed by atoms with van der Waals surface area (Å²) in [6.07, 6.45) is -0.118. The standard InChI is InChI=1S/C7H12N2O2.C7H11NO2/c1-7(2,4-10)5-3-6(8)9-11-5;1-7(2,5-9)6(10)3-4-8/h3,10H,4H2,1-2H3,(H2,8,9);9H,3,5H2,1-2H3. The van der Waals surface area contributed by atoms with Gasteiger partial charge in [-0.15, -0.1) is 0 Å². The lowest BCUT2D eigenvalue weighted by Gasteiger charge is -2.17. The van der Waals surface area contributed by atoms with Crippen LogP contribution in [0.15, 0.2) is 10.6 Å². The van der Waals surface area contributed by atoms with Gasteiger partial charge in [-0.3, -0.25) is 4.79 Å². The molecule has 0 atom stereocenters. The number of rotatable bonds is 5. The molecule has 21 heavy (non-hydrogen) atoms. The number of nitrogens with zero attached hydrogens (tertiary/aromatic N) is 2. The second kappa shape index (κ2) is 7.76. The molecule has 0 aliphatic heterocycles. The third-order valence-electron chi connectivity index (χ3n) is 2.98. The monoisotopic (exact) mass is 297 g/mol. The number of Topliss-reactive ketones (excluding diaryl/α,β-unsaturated/α-hetero) is 1. The predicted octanol–water partition coefficient (Wildman–Crippen LogP) is 1.01. The Kier molecular flexibility index (Phi) is 7.06. The maximum absolute atomic E-state index is 10.9. The van der Waals surface area contributed by atoms with Gasteiger partial charge in [0.1, 0.15) is 5.76 Å². The molecule has 0 radical (unpaired) electrons. The van der Waals surface area contributed by atoms with Crippen molar-refractivity contribution in [2.24, 2.45) is 5.41 Å². The van der Waals surface area contributed by atoms with Gasteiger partial charge in [-0.05, 0) is 0 Å². The first-order valence-corrected chi connectivity index (χ1v) is 6.45. The molecule has 0 spiro atoms. The Hall–Kier alpha value is -1.91. The van der Waals surface area contributed by atoms with Crippen molar-refractivity contribution in [1.29, 1.82) is 5.26 Å². The molecule has 1 rings (SSSR count). The van der Waals surface area contributed by atoms with Crippen molar-refractivity contribution in [2.45, 2.75) is 39.5 Å². The normalized spacial score (nSPS) is 11.3. The number of carbonyl (C=O) groups is 1. The number of aromatic nitrogens is 1. The minimum Gasteiger partial charge on any atom is -0.395 e. The van der Waals surface area contributed by atoms with Crippen LogP contribution in [0.5, 0.6) is 0 Å². The summed E-state index contributed by atoms with van der Waals surface area (Å²) >= 11 is 0. The largest absolute Gasteiger partial charge is 0.395 e. The number of hydrogen-bond acceptors (Lipinski definition) is 7. The number of ketones is 1. The summed E-state index contributed by atoms with van der Waals surface area (Å²) in [5.74, 6) is 0.747. The van der Waals surface area contributed by atoms with Crippen molar-refractivity contribution in [3.05, 3.63) is 11.8 Å². The Bertz CT molecular complexity index is 501. The van der Waals surface area contributed by atoms with Crippen LogP contribution in [0.4, 0.5) is 5.82 Å². The number of nitrogens with two attached hydrogens (primary N) is 1. The fourth-order valence-corrected chi connectivity index (χ4v) is 1.09. The zero-order chi connectivity index (χ0) is 16.7. The number of nitriles is 1. The summed E-state index contributed by atoms with van der Waals surface area (Å²) in [5.41, 5.74) is 4.19. The van der Waals surface area contributed by atoms with E-state index in [-0.39, 0.29) is 25.4 Å². The van der Waals surface area contributed by atoms with Crippen molar-refractivity contribution in [3.8, 4) is 6.07 Å². The second-order valence-corrected chi connectivity index (χ2v) is 5.96. The number of carbonyl (C=O) groups excluding carboxylic acids is 1. The molecule has 0 amide bonds. The van der Waals surface area contributed by atoms with E-state index in [1.54, 1.807) is 26.0 Å². The lowest BCUT2D eigenvalue weighted by molar-refractivity contribution is -0.127. The van der Waals surface area contributed by atoms with Gasteiger partial charge in [0, 0.05) is 16.9 Å². The molecule has 1 heterocycles. The molecule has 1 aromatic heterocycles. The second-order valence-electron chi connectivity index (χ2n) is 5.96. The predicted molar refractivity (Wildman–Crippen MR) is 77.1 cm³/mol. The average Bonchev–Trinajstić information content (AvgIpc) is 2.87. The first-order valence-electron chi connectivity index (χ1n) is 6.45. The highest BCUT2D eigenvalue weighted by molar-refractivity contribution is 5.85. The molecule has 0 aromatic carbocycles. The van der Waals surface area contributed by atoms with Crippen LogP contribution in [0.25, 0.3) is 0 Å². The van der Waals surface area contributed by atoms with Gasteiger partial charge in [-0.25, -0.2) is 0 Å². The van der Waals surface area contributed by atoms with Crippen LogP contribution < -0.4 is 5.73 Å². The Morgan fingerprint density at radius 2 is 1.95 bits per heavy atom. The van der Waals surface area contributed by atoms with Crippen LogP contribution in [0.2, 0.25) is 0 Å². The summed E-state index contributed by atoms with van der Waals surface area (Å²) in [6, 6.07) is 3.37. The molecule has 0 aliphatic carbocycles. The minimum atomic E-state index is -0.754. The van der Waals surface area contributed by atoms with Crippen LogP contribution in [0, 0.1) is 16.7 Å². The molecular weight excluding hydrogens is 274 g/mol. The highest BCUT2D eigenvalue weighted by Gasteiger charge is 2.25. The van der Waals surface area contributed by atoms with E-state index < -0.39 is 10.8 Å². The molecule has 4 N–H and O–H groups in total. The van der Waals surface area contributed by atoms with E-state index in [0.29, 0.717) is 11.6 Å². The van der Waals surface area contributed by atoms with E-state index in [9.17, 15) is 4.79 Å². The zero-order valence-electron chi connectivity index (χ0n) is 12.9. The lowest BCUT2D eigenvalue weighted by atomic mass is 9.88. The van der Waals surface area contributed by atoms with Gasteiger partial charge in [0.2, 0.25) is 0 Å². The first-order chi connectivity index (χ1) is 9.60. The van der Waals surface area contributed by atoms with Crippen molar-refractivity contribution < 1.29 is 19.5 Å². The van der Waals surface area contributed by atoms with Crippen LogP contribution in [-0.2, 0) is 10.2 Å². The van der Waals surface area contributed by atoms with Crippen molar-refractivity contribution in [3.63, 3.8) is 0 Å². The van der Waals surface area contributed by atoms with Gasteiger partial charge in [0.25, 0.3) is 0 Å². The van der Waals surface area contributed by atoms with Gasteiger partial charge in [-0.1, -0.05) is 32.9 Å². The fraction of sp³-hybridized carbons (Fsp3) is 0.643. The highest BCUT2D eigenvalue weighted by atomic mass is 16.5. The van der Waals surface area contributed by atoms with Gasteiger partial charge >= 0.3 is 0 Å². The maximum atomic E-state index is 10.9. The molecular formula is C14H23N3O4. The number of hydrogen-bond donors (Lipinski definition) is 3. The van der Waals surface area contributed by atoms with Crippen LogP contribution in [-0.4, -0.2) is 34.4 Å². The summed E-state index contributed by atoms with van der Waals surface area (Å²) in [7, 11) is 0. The summed E-state index contributed by atoms with van der Waals surface area (Å²) < 4.78 is 4.88. The van der Waals surface area contributed by atoms with Crippen LogP contribution in [0.3, 0.4) is 0 Å². The van der Waals surface area contributed by atoms with E-state index >= 15 is 0 Å². The smallest absolute Gasteiger partial charge is 0.167 e. The van der Waals surface area contributed by atoms with E-state index in [1.165, 1.54) is 0 Å². The Labute approximate surface area is 124 Å². The van der Waals surface area contributed by atoms with Crippen molar-refractivity contribution in [1.82, 2.24) is 5.16 Å². The maximum Gasteiger partial charge on any atom is 0.167 e. The highest BCUT2D eigenvalue weighted by Crippen LogP contribution is 2.23. The number of aliphatic hydroxyl groups excluding tert-OH is 2. The molecule has 118 valence electrons. The SMILES string of the molecule is CC(C)(CO)C(=O)CC#N.CC(C)(CO)c1cc(N)no1. The van der Waals surface area contributed by atoms with Crippen LogP contribution in [0.1, 0.15) is 39.9 Å². The molecule has 0 fully saturated rings. The van der Waals surface area contributed by atoms with Gasteiger partial charge in [0.05, 0.1) is 25.7 Å². The Morgan fingerprint density at radius 3 is 2.29 bits per heavy atom. The molecule has 0 saturated heterocycles. The number of nitrogen functional groups attached to an aromatic ring is 1. The minimum absolute atomic E-state index is 0.0155. The number of anilines is 1. The van der Waals surface area contributed by atoms with Gasteiger partial charge < -0.3 is 20.5 Å². The summed E-state index contributed by atoms with van der Waals surface area (Å²) in [4.78, 5) is 10.9. The molecule has 7 nitrogen and oxygen atoms in total. The molecule has 1 aromatic rings. The van der Waals surface area contributed by atoms with E-state index in [0.717, 1.165) is 0 Å². The zero-order valence-corrected chi connectivity index (χ0v) is 12.9. The number of aliphatic hydroxyl groups is 2. The molecule has 0 aliphatic rings. The lowest BCUT2D eigenvalue weighted by Crippen LogP contribution is -2.27. The van der Waals surface area contributed by atoms with E-state index in [4.69, 9.17) is 25.7 Å². The quantitative estimate of drug-likeness (QED) is 0.738. The topological polar surface area (TPSA) is 133 Å². The van der Waals surface area contributed by atoms with Gasteiger partial charge in [0.15, 0.2) is 11.6 Å². The Morgan fingerprint density at radius 1 is 1.38 bits per heavy atom. The first kappa shape index (κ1) is 19.1. The average molecular weight is 297 g/mol. The van der Waals surface area contributed by atoms with Crippen molar-refractivity contribution in [2.75, 3.05) is 18.9 Å². The molecule has 0 bridgehead atoms. The fourth-order valence-electron chi connectivity index (χ4n) is 1.09. The molecule has 0 saturated carbocycles. The van der Waals surface area contributed by atoms with E-state index in [2.05, 4.69) is 5.16 Å². The van der Waals surface area contributed by atoms with Crippen LogP contribution >= 0.6 is 0 Å². The molecule has 0 unspecified atom stereocenters. The van der Waals surface area contributed by atoms with E-state index in [1.807, 2.05) is 13.8 Å². The Balaban J connectivity index is 0.000000384. The summed E-state index contributed by atoms with van der Waals surface area (Å²) in [5, 5.41) is 29.3. The molecule has 7 heteroatoms. The van der Waals surface area contributed by atoms with Gasteiger partial charge in [-0.2, -0.15) is 5.26 Å². The third kappa shape index (κ3) is 5.94. The summed E-state index contributed by atoms with van der Waals surface area (Å²) in [6.45, 7) is 6.76. The van der Waals surface area contributed by atoms with Crippen molar-refractivity contribution >= 4 is 11.6 Å².